The van der Waals surface area contributed by atoms with Crippen molar-refractivity contribution in [2.45, 2.75) is 0 Å². The third kappa shape index (κ3) is 1.73. The van der Waals surface area contributed by atoms with E-state index in [4.69, 9.17) is 0 Å². The number of carbonyl (C=O) groups is 1. The molecule has 4 aromatic rings. The van der Waals surface area contributed by atoms with Crippen LogP contribution in [0.15, 0.2) is 60.8 Å². The summed E-state index contributed by atoms with van der Waals surface area (Å²) in [4.78, 5) is 14.2. The second kappa shape index (κ2) is 4.52. The Hall–Kier alpha value is -3.01. The molecule has 0 bridgehead atoms. The molecule has 0 radical (unpaired) electrons. The highest BCUT2D eigenvalue weighted by Gasteiger charge is 2.10. The third-order valence-electron chi connectivity index (χ3n) is 3.73. The smallest absolute Gasteiger partial charge is 0.212 e. The summed E-state index contributed by atoms with van der Waals surface area (Å²) in [5.74, 6) is 0.746. The number of para-hydroxylation sites is 2. The molecule has 2 heterocycles. The van der Waals surface area contributed by atoms with Crippen LogP contribution in [0.3, 0.4) is 0 Å². The molecular weight excluding hydrogens is 262 g/mol. The molecule has 0 saturated carbocycles. The van der Waals surface area contributed by atoms with Crippen LogP contribution >= 0.6 is 0 Å². The number of hydrogen-bond acceptors (Lipinski definition) is 1. The Kier molecular flexibility index (Phi) is 2.54. The zero-order chi connectivity index (χ0) is 14.2. The van der Waals surface area contributed by atoms with E-state index in [1.807, 2.05) is 47.2 Å². The lowest BCUT2D eigenvalue weighted by atomic mass is 10.1. The number of H-pyrrole nitrogens is 1. The Bertz CT molecular complexity index is 949. The topological polar surface area (TPSA) is 49.8 Å². The molecule has 4 nitrogen and oxygen atoms in total. The number of nitrogens with one attached hydrogen (secondary N) is 2. The van der Waals surface area contributed by atoms with E-state index in [-0.39, 0.29) is 0 Å². The number of fused-ring (bicyclic) bond motifs is 3. The second-order valence-corrected chi connectivity index (χ2v) is 4.90. The van der Waals surface area contributed by atoms with E-state index in [2.05, 4.69) is 28.5 Å². The van der Waals surface area contributed by atoms with E-state index in [1.165, 1.54) is 10.8 Å². The zero-order valence-electron chi connectivity index (χ0n) is 11.2. The fraction of sp³-hybridized carbons (Fsp3) is 0. The van der Waals surface area contributed by atoms with E-state index in [9.17, 15) is 4.79 Å². The van der Waals surface area contributed by atoms with Gasteiger partial charge in [0, 0.05) is 22.5 Å². The fourth-order valence-electron chi connectivity index (χ4n) is 2.83. The predicted molar refractivity (Wildman–Crippen MR) is 84.8 cm³/mol. The molecular formula is C17H13N3O. The molecule has 4 heteroatoms. The number of benzene rings is 2. The lowest BCUT2D eigenvalue weighted by molar-refractivity contribution is -0.105. The summed E-state index contributed by atoms with van der Waals surface area (Å²) in [6, 6.07) is 18.2. The largest absolute Gasteiger partial charge is 0.353 e. The third-order valence-corrected chi connectivity index (χ3v) is 3.73. The highest BCUT2D eigenvalue weighted by molar-refractivity contribution is 6.09. The van der Waals surface area contributed by atoms with Crippen molar-refractivity contribution in [1.82, 2.24) is 9.55 Å². The molecule has 0 fully saturated rings. The first-order valence-corrected chi connectivity index (χ1v) is 6.76. The van der Waals surface area contributed by atoms with E-state index in [0.29, 0.717) is 6.41 Å². The Morgan fingerprint density at radius 1 is 0.952 bits per heavy atom. The maximum Gasteiger partial charge on any atom is 0.212 e. The second-order valence-electron chi connectivity index (χ2n) is 4.90. The molecule has 0 aliphatic heterocycles. The number of carbonyl (C=O) groups excluding carboxylic acids is 1. The number of anilines is 1. The first-order chi connectivity index (χ1) is 10.4. The molecule has 0 aliphatic carbocycles. The predicted octanol–water partition coefficient (Wildman–Crippen LogP) is 3.68. The van der Waals surface area contributed by atoms with Gasteiger partial charge in [-0.3, -0.25) is 4.79 Å². The molecule has 2 aromatic carbocycles. The lowest BCUT2D eigenvalue weighted by Gasteiger charge is -2.09. The number of aromatic amines is 1. The van der Waals surface area contributed by atoms with E-state index in [1.54, 1.807) is 0 Å². The van der Waals surface area contributed by atoms with Crippen LogP contribution in [-0.2, 0) is 4.79 Å². The van der Waals surface area contributed by atoms with Crippen LogP contribution < -0.4 is 5.32 Å². The van der Waals surface area contributed by atoms with Crippen LogP contribution in [0.5, 0.6) is 0 Å². The number of rotatable bonds is 3. The quantitative estimate of drug-likeness (QED) is 0.550. The molecule has 0 saturated heterocycles. The molecule has 0 unspecified atom stereocenters. The van der Waals surface area contributed by atoms with Gasteiger partial charge in [0.05, 0.1) is 11.2 Å². The van der Waals surface area contributed by atoms with Crippen LogP contribution in [0.1, 0.15) is 0 Å². The van der Waals surface area contributed by atoms with Gasteiger partial charge in [0.15, 0.2) is 0 Å². The van der Waals surface area contributed by atoms with Gasteiger partial charge in [-0.1, -0.05) is 30.3 Å². The summed E-state index contributed by atoms with van der Waals surface area (Å²) in [7, 11) is 0. The maximum atomic E-state index is 10.7. The standard InChI is InChI=1S/C17H13N3O/c21-11-18-16-9-4-10-20(16)15-8-3-6-13-12-5-1-2-7-14(12)19-17(13)15/h1-11,19H,(H,18,21). The Morgan fingerprint density at radius 3 is 2.71 bits per heavy atom. The van der Waals surface area contributed by atoms with Crippen LogP contribution in [0.25, 0.3) is 27.5 Å². The number of amides is 1. The van der Waals surface area contributed by atoms with Crippen molar-refractivity contribution in [2.24, 2.45) is 0 Å². The van der Waals surface area contributed by atoms with Crippen molar-refractivity contribution in [1.29, 1.82) is 0 Å². The van der Waals surface area contributed by atoms with Crippen LogP contribution in [0.4, 0.5) is 5.82 Å². The summed E-state index contributed by atoms with van der Waals surface area (Å²) in [5.41, 5.74) is 3.18. The summed E-state index contributed by atoms with van der Waals surface area (Å²) < 4.78 is 1.96. The maximum absolute atomic E-state index is 10.7. The van der Waals surface area contributed by atoms with Gasteiger partial charge in [0.1, 0.15) is 5.82 Å². The number of aromatic nitrogens is 2. The van der Waals surface area contributed by atoms with Crippen molar-refractivity contribution < 1.29 is 4.79 Å². The highest BCUT2D eigenvalue weighted by Crippen LogP contribution is 2.30. The molecule has 102 valence electrons. The number of nitrogens with zero attached hydrogens (tertiary/aromatic N) is 1. The van der Waals surface area contributed by atoms with Crippen LogP contribution in [0, 0.1) is 0 Å². The van der Waals surface area contributed by atoms with Crippen molar-refractivity contribution in [3.8, 4) is 5.69 Å². The Labute approximate surface area is 121 Å². The lowest BCUT2D eigenvalue weighted by Crippen LogP contribution is -2.02. The minimum absolute atomic E-state index is 0.692. The van der Waals surface area contributed by atoms with Gasteiger partial charge >= 0.3 is 0 Å². The van der Waals surface area contributed by atoms with Gasteiger partial charge in [-0.2, -0.15) is 0 Å². The summed E-state index contributed by atoms with van der Waals surface area (Å²) in [5, 5.41) is 5.10. The zero-order valence-corrected chi connectivity index (χ0v) is 11.2. The molecule has 0 aliphatic rings. The van der Waals surface area contributed by atoms with Crippen LogP contribution in [0.2, 0.25) is 0 Å². The molecule has 0 spiro atoms. The highest BCUT2D eigenvalue weighted by atomic mass is 16.1. The van der Waals surface area contributed by atoms with Gasteiger partial charge < -0.3 is 14.9 Å². The molecule has 2 aromatic heterocycles. The minimum atomic E-state index is 0.692. The minimum Gasteiger partial charge on any atom is -0.353 e. The van der Waals surface area contributed by atoms with E-state index in [0.717, 1.165) is 22.5 Å². The van der Waals surface area contributed by atoms with Gasteiger partial charge in [0.2, 0.25) is 6.41 Å². The van der Waals surface area contributed by atoms with Crippen LogP contribution in [-0.4, -0.2) is 16.0 Å². The number of hydrogen-bond donors (Lipinski definition) is 2. The molecule has 2 N–H and O–H groups in total. The van der Waals surface area contributed by atoms with Gasteiger partial charge in [-0.25, -0.2) is 0 Å². The van der Waals surface area contributed by atoms with E-state index < -0.39 is 0 Å². The molecule has 4 rings (SSSR count). The Morgan fingerprint density at radius 2 is 1.81 bits per heavy atom. The summed E-state index contributed by atoms with van der Waals surface area (Å²) in [6.45, 7) is 0. The average Bonchev–Trinajstić information content (AvgIpc) is 3.11. The van der Waals surface area contributed by atoms with Crippen molar-refractivity contribution in [2.75, 3.05) is 5.32 Å². The van der Waals surface area contributed by atoms with Gasteiger partial charge in [-0.05, 0) is 24.3 Å². The van der Waals surface area contributed by atoms with Crippen molar-refractivity contribution in [3.05, 3.63) is 60.8 Å². The first kappa shape index (κ1) is 11.8. The SMILES string of the molecule is O=CNc1cccn1-c1cccc2c1[nH]c1ccccc12. The monoisotopic (exact) mass is 275 g/mol. The average molecular weight is 275 g/mol. The van der Waals surface area contributed by atoms with Gasteiger partial charge in [-0.15, -0.1) is 0 Å². The molecule has 0 atom stereocenters. The van der Waals surface area contributed by atoms with E-state index >= 15 is 0 Å². The Balaban J connectivity index is 2.05. The normalized spacial score (nSPS) is 11.0. The van der Waals surface area contributed by atoms with Crippen molar-refractivity contribution in [3.63, 3.8) is 0 Å². The van der Waals surface area contributed by atoms with Crippen molar-refractivity contribution >= 4 is 34.0 Å². The molecule has 21 heavy (non-hydrogen) atoms. The van der Waals surface area contributed by atoms with Gasteiger partial charge in [0.25, 0.3) is 0 Å². The fourth-order valence-corrected chi connectivity index (χ4v) is 2.83. The summed E-state index contributed by atoms with van der Waals surface area (Å²) >= 11 is 0. The molecule has 1 amide bonds. The first-order valence-electron chi connectivity index (χ1n) is 6.76. The summed E-state index contributed by atoms with van der Waals surface area (Å²) in [6.07, 6.45) is 2.63.